The van der Waals surface area contributed by atoms with E-state index in [-0.39, 0.29) is 11.4 Å². The molecule has 1 fully saturated rings. The highest BCUT2D eigenvalue weighted by molar-refractivity contribution is 6.12. The van der Waals surface area contributed by atoms with Crippen molar-refractivity contribution in [1.29, 1.82) is 0 Å². The summed E-state index contributed by atoms with van der Waals surface area (Å²) in [5.41, 5.74) is 5.95. The SMILES string of the molecule is Cc1c(C(=O)[C@@H]2OC3(CCNCC3)c3ccccc32)c2ccccc2n1Cc1ccccc1. The van der Waals surface area contributed by atoms with Crippen LogP contribution in [0.15, 0.2) is 78.9 Å². The van der Waals surface area contributed by atoms with Gasteiger partial charge in [-0.1, -0.05) is 72.8 Å². The van der Waals surface area contributed by atoms with Crippen LogP contribution in [-0.2, 0) is 16.9 Å². The van der Waals surface area contributed by atoms with Crippen molar-refractivity contribution >= 4 is 16.7 Å². The molecule has 33 heavy (non-hydrogen) atoms. The van der Waals surface area contributed by atoms with Crippen LogP contribution < -0.4 is 5.32 Å². The molecule has 166 valence electrons. The third-order valence-corrected chi connectivity index (χ3v) is 7.39. The maximum atomic E-state index is 14.2. The number of benzene rings is 3. The van der Waals surface area contributed by atoms with Gasteiger partial charge in [-0.15, -0.1) is 0 Å². The lowest BCUT2D eigenvalue weighted by molar-refractivity contribution is -0.0806. The number of hydrogen-bond donors (Lipinski definition) is 1. The molecular weight excluding hydrogens is 408 g/mol. The molecule has 4 aromatic rings. The first-order valence-electron chi connectivity index (χ1n) is 11.8. The van der Waals surface area contributed by atoms with Crippen LogP contribution in [0.2, 0.25) is 0 Å². The summed E-state index contributed by atoms with van der Waals surface area (Å²) in [5.74, 6) is 0.0679. The topological polar surface area (TPSA) is 43.3 Å². The molecule has 3 heterocycles. The van der Waals surface area contributed by atoms with Gasteiger partial charge in [0.15, 0.2) is 5.78 Å². The largest absolute Gasteiger partial charge is 0.354 e. The predicted octanol–water partition coefficient (Wildman–Crippen LogP) is 5.53. The van der Waals surface area contributed by atoms with Crippen LogP contribution in [-0.4, -0.2) is 23.4 Å². The summed E-state index contributed by atoms with van der Waals surface area (Å²) in [6.07, 6.45) is 1.22. The molecule has 0 unspecified atom stereocenters. The highest BCUT2D eigenvalue weighted by Crippen LogP contribution is 2.50. The van der Waals surface area contributed by atoms with Crippen LogP contribution in [0, 0.1) is 6.92 Å². The zero-order chi connectivity index (χ0) is 22.4. The minimum atomic E-state index is -0.561. The second-order valence-corrected chi connectivity index (χ2v) is 9.24. The normalized spacial score (nSPS) is 19.1. The summed E-state index contributed by atoms with van der Waals surface area (Å²) >= 11 is 0. The van der Waals surface area contributed by atoms with E-state index in [2.05, 4.69) is 71.4 Å². The molecule has 6 rings (SSSR count). The van der Waals surface area contributed by atoms with Crippen LogP contribution >= 0.6 is 0 Å². The summed E-state index contributed by atoms with van der Waals surface area (Å²) in [5, 5.41) is 4.44. The van der Waals surface area contributed by atoms with Gasteiger partial charge in [-0.2, -0.15) is 0 Å². The molecule has 4 nitrogen and oxygen atoms in total. The number of rotatable bonds is 4. The van der Waals surface area contributed by atoms with E-state index >= 15 is 0 Å². The number of Topliss-reactive ketones (excluding diaryl/α,β-unsaturated/α-hetero) is 1. The van der Waals surface area contributed by atoms with E-state index in [0.717, 1.165) is 60.2 Å². The first-order chi connectivity index (χ1) is 16.2. The average molecular weight is 437 g/mol. The number of piperidine rings is 1. The number of nitrogens with one attached hydrogen (secondary N) is 1. The fourth-order valence-electron chi connectivity index (χ4n) is 5.75. The monoisotopic (exact) mass is 436 g/mol. The predicted molar refractivity (Wildman–Crippen MR) is 131 cm³/mol. The Morgan fingerprint density at radius 3 is 2.48 bits per heavy atom. The third-order valence-electron chi connectivity index (χ3n) is 7.39. The number of hydrogen-bond acceptors (Lipinski definition) is 3. The summed E-state index contributed by atoms with van der Waals surface area (Å²) in [4.78, 5) is 14.2. The molecule has 4 heteroatoms. The fraction of sp³-hybridized carbons (Fsp3) is 0.276. The van der Waals surface area contributed by atoms with Crippen molar-refractivity contribution in [3.63, 3.8) is 0 Å². The van der Waals surface area contributed by atoms with Gasteiger partial charge in [-0.25, -0.2) is 0 Å². The van der Waals surface area contributed by atoms with Crippen LogP contribution in [0.1, 0.15) is 51.7 Å². The Balaban J connectivity index is 1.45. The summed E-state index contributed by atoms with van der Waals surface area (Å²) in [6, 6.07) is 27.0. The molecule has 2 aliphatic heterocycles. The van der Waals surface area contributed by atoms with Crippen molar-refractivity contribution in [3.05, 3.63) is 107 Å². The van der Waals surface area contributed by atoms with E-state index in [9.17, 15) is 4.79 Å². The Morgan fingerprint density at radius 2 is 1.67 bits per heavy atom. The molecular formula is C29H28N2O2. The first-order valence-corrected chi connectivity index (χ1v) is 11.8. The minimum absolute atomic E-state index is 0.0679. The summed E-state index contributed by atoms with van der Waals surface area (Å²) in [7, 11) is 0. The third kappa shape index (κ3) is 3.25. The van der Waals surface area contributed by atoms with E-state index in [4.69, 9.17) is 4.74 Å². The number of ether oxygens (including phenoxy) is 1. The Labute approximate surface area is 194 Å². The highest BCUT2D eigenvalue weighted by atomic mass is 16.5. The molecule has 1 saturated heterocycles. The van der Waals surface area contributed by atoms with E-state index in [1.165, 1.54) is 11.1 Å². The number of para-hydroxylation sites is 1. The molecule has 0 bridgehead atoms. The number of carbonyl (C=O) groups excluding carboxylic acids is 1. The average Bonchev–Trinajstić information content (AvgIpc) is 3.32. The lowest BCUT2D eigenvalue weighted by Crippen LogP contribution is -2.40. The van der Waals surface area contributed by atoms with Crippen molar-refractivity contribution in [2.45, 2.75) is 38.0 Å². The maximum Gasteiger partial charge on any atom is 0.198 e. The van der Waals surface area contributed by atoms with Crippen molar-refractivity contribution in [2.24, 2.45) is 0 Å². The zero-order valence-electron chi connectivity index (χ0n) is 18.9. The second-order valence-electron chi connectivity index (χ2n) is 9.24. The minimum Gasteiger partial charge on any atom is -0.354 e. The first kappa shape index (κ1) is 20.4. The van der Waals surface area contributed by atoms with Gasteiger partial charge < -0.3 is 14.6 Å². The molecule has 0 aliphatic carbocycles. The van der Waals surface area contributed by atoms with Gasteiger partial charge in [0, 0.05) is 28.7 Å². The summed E-state index contributed by atoms with van der Waals surface area (Å²) in [6.45, 7) is 4.62. The van der Waals surface area contributed by atoms with Gasteiger partial charge in [-0.3, -0.25) is 4.79 Å². The summed E-state index contributed by atoms with van der Waals surface area (Å²) < 4.78 is 8.97. The van der Waals surface area contributed by atoms with E-state index in [1.54, 1.807) is 0 Å². The van der Waals surface area contributed by atoms with E-state index in [1.807, 2.05) is 24.3 Å². The van der Waals surface area contributed by atoms with E-state index in [0.29, 0.717) is 0 Å². The quantitative estimate of drug-likeness (QED) is 0.428. The Morgan fingerprint density at radius 1 is 0.970 bits per heavy atom. The number of fused-ring (bicyclic) bond motifs is 3. The number of aromatic nitrogens is 1. The molecule has 1 aromatic heterocycles. The van der Waals surface area contributed by atoms with Crippen LogP contribution in [0.25, 0.3) is 10.9 Å². The van der Waals surface area contributed by atoms with E-state index < -0.39 is 6.10 Å². The highest BCUT2D eigenvalue weighted by Gasteiger charge is 2.48. The molecule has 1 N–H and O–H groups in total. The Kier molecular flexibility index (Phi) is 4.93. The van der Waals surface area contributed by atoms with Gasteiger partial charge in [-0.05, 0) is 55.6 Å². The maximum absolute atomic E-state index is 14.2. The molecule has 1 spiro atoms. The van der Waals surface area contributed by atoms with Crippen molar-refractivity contribution in [2.75, 3.05) is 13.1 Å². The van der Waals surface area contributed by atoms with Crippen molar-refractivity contribution < 1.29 is 9.53 Å². The van der Waals surface area contributed by atoms with Crippen molar-refractivity contribution in [1.82, 2.24) is 9.88 Å². The van der Waals surface area contributed by atoms with Gasteiger partial charge in [0.2, 0.25) is 0 Å². The molecule has 2 aliphatic rings. The second kappa shape index (κ2) is 7.98. The lowest BCUT2D eigenvalue weighted by Gasteiger charge is -2.34. The Bertz CT molecular complexity index is 1330. The van der Waals surface area contributed by atoms with Crippen LogP contribution in [0.3, 0.4) is 0 Å². The number of ketones is 1. The lowest BCUT2D eigenvalue weighted by atomic mass is 9.83. The zero-order valence-corrected chi connectivity index (χ0v) is 18.9. The number of nitrogens with zero attached hydrogens (tertiary/aromatic N) is 1. The molecule has 0 amide bonds. The van der Waals surface area contributed by atoms with Gasteiger partial charge in [0.25, 0.3) is 0 Å². The van der Waals surface area contributed by atoms with Gasteiger partial charge in [0.05, 0.1) is 5.60 Å². The fourth-order valence-corrected chi connectivity index (χ4v) is 5.75. The standard InChI is InChI=1S/C29H28N2O2/c1-20-26(23-12-6-8-14-25(23)31(20)19-21-9-3-2-4-10-21)27(32)28-22-11-5-7-13-24(22)29(33-28)15-17-30-18-16-29/h2-14,28,30H,15-19H2,1H3/t28-/m1/s1. The molecule has 0 saturated carbocycles. The van der Waals surface area contributed by atoms with Gasteiger partial charge >= 0.3 is 0 Å². The smallest absolute Gasteiger partial charge is 0.198 e. The van der Waals surface area contributed by atoms with Crippen molar-refractivity contribution in [3.8, 4) is 0 Å². The Hall–Kier alpha value is -3.21. The molecule has 3 aromatic carbocycles. The number of carbonyl (C=O) groups is 1. The molecule has 1 atom stereocenters. The van der Waals surface area contributed by atoms with Gasteiger partial charge in [0.1, 0.15) is 6.10 Å². The van der Waals surface area contributed by atoms with Crippen LogP contribution in [0.4, 0.5) is 0 Å². The molecule has 0 radical (unpaired) electrons. The van der Waals surface area contributed by atoms with Crippen LogP contribution in [0.5, 0.6) is 0 Å².